The molecule has 0 aliphatic rings. The van der Waals surface area contributed by atoms with E-state index >= 15 is 0 Å². The molecular formula is C12H15ClN4O2S. The molecule has 2 aromatic rings. The van der Waals surface area contributed by atoms with Gasteiger partial charge in [0.25, 0.3) is 0 Å². The van der Waals surface area contributed by atoms with Crippen molar-refractivity contribution in [1.82, 2.24) is 20.2 Å². The second-order valence-corrected chi connectivity index (χ2v) is 5.27. The average molecular weight is 315 g/mol. The molecule has 0 fully saturated rings. The summed E-state index contributed by atoms with van der Waals surface area (Å²) < 4.78 is 11.9. The fraction of sp³-hybridized carbons (Fsp3) is 0.417. The molecule has 0 unspecified atom stereocenters. The normalized spacial score (nSPS) is 11.2. The van der Waals surface area contributed by atoms with Crippen molar-refractivity contribution < 1.29 is 9.47 Å². The van der Waals surface area contributed by atoms with Crippen molar-refractivity contribution in [2.24, 2.45) is 0 Å². The van der Waals surface area contributed by atoms with Crippen molar-refractivity contribution in [2.75, 3.05) is 14.2 Å². The number of halogens is 1. The maximum atomic E-state index is 6.12. The van der Waals surface area contributed by atoms with E-state index in [1.54, 1.807) is 18.9 Å². The molecule has 0 aliphatic carbocycles. The van der Waals surface area contributed by atoms with Gasteiger partial charge in [-0.2, -0.15) is 0 Å². The average Bonchev–Trinajstić information content (AvgIpc) is 2.91. The van der Waals surface area contributed by atoms with Gasteiger partial charge in [0.1, 0.15) is 0 Å². The van der Waals surface area contributed by atoms with E-state index in [0.29, 0.717) is 17.5 Å². The van der Waals surface area contributed by atoms with Crippen molar-refractivity contribution in [3.63, 3.8) is 0 Å². The van der Waals surface area contributed by atoms with E-state index in [1.807, 2.05) is 24.3 Å². The standard InChI is InChI=1S/C12H15ClN4O2S/c1-18-11(19-2)7-17-12(14-15-16-17)20-8-9-5-3-4-6-10(9)13/h3-6,11H,7-8H2,1-2H3. The number of ether oxygens (including phenoxy) is 2. The number of nitrogens with zero attached hydrogens (tertiary/aromatic N) is 4. The summed E-state index contributed by atoms with van der Waals surface area (Å²) in [5, 5.41) is 13.0. The summed E-state index contributed by atoms with van der Waals surface area (Å²) in [5.41, 5.74) is 1.05. The Labute approximate surface area is 126 Å². The Morgan fingerprint density at radius 2 is 2.05 bits per heavy atom. The Kier molecular flexibility index (Phi) is 5.78. The van der Waals surface area contributed by atoms with Crippen molar-refractivity contribution in [3.8, 4) is 0 Å². The minimum absolute atomic E-state index is 0.377. The van der Waals surface area contributed by atoms with E-state index in [1.165, 1.54) is 11.8 Å². The summed E-state index contributed by atoms with van der Waals surface area (Å²) in [7, 11) is 3.16. The van der Waals surface area contributed by atoms with E-state index in [-0.39, 0.29) is 6.29 Å². The SMILES string of the molecule is COC(Cn1nnnc1SCc1ccccc1Cl)OC. The Bertz CT molecular complexity index is 548. The van der Waals surface area contributed by atoms with Gasteiger partial charge in [0.05, 0.1) is 6.54 Å². The topological polar surface area (TPSA) is 62.1 Å². The zero-order chi connectivity index (χ0) is 14.4. The predicted molar refractivity (Wildman–Crippen MR) is 76.6 cm³/mol. The van der Waals surface area contributed by atoms with Crippen LogP contribution in [0.25, 0.3) is 0 Å². The molecule has 1 aromatic heterocycles. The van der Waals surface area contributed by atoms with Crippen molar-refractivity contribution in [2.45, 2.75) is 23.7 Å². The van der Waals surface area contributed by atoms with Crippen LogP contribution in [0, 0.1) is 0 Å². The summed E-state index contributed by atoms with van der Waals surface area (Å²) in [6, 6.07) is 7.71. The molecule has 1 aromatic carbocycles. The van der Waals surface area contributed by atoms with Crippen LogP contribution in [0.15, 0.2) is 29.4 Å². The van der Waals surface area contributed by atoms with Crippen LogP contribution in [0.2, 0.25) is 5.02 Å². The lowest BCUT2D eigenvalue weighted by Gasteiger charge is -2.13. The van der Waals surface area contributed by atoms with E-state index < -0.39 is 0 Å². The van der Waals surface area contributed by atoms with Gasteiger partial charge in [-0.05, 0) is 22.1 Å². The molecule has 108 valence electrons. The Balaban J connectivity index is 2.00. The number of thioether (sulfide) groups is 1. The highest BCUT2D eigenvalue weighted by Crippen LogP contribution is 2.24. The van der Waals surface area contributed by atoms with Gasteiger partial charge in [-0.15, -0.1) is 5.10 Å². The number of hydrogen-bond donors (Lipinski definition) is 0. The van der Waals surface area contributed by atoms with Crippen LogP contribution in [-0.4, -0.2) is 40.7 Å². The summed E-state index contributed by atoms with van der Waals surface area (Å²) in [5.74, 6) is 0.699. The highest BCUT2D eigenvalue weighted by atomic mass is 35.5. The second kappa shape index (κ2) is 7.58. The van der Waals surface area contributed by atoms with Gasteiger partial charge >= 0.3 is 0 Å². The third-order valence-corrected chi connectivity index (χ3v) is 4.04. The van der Waals surface area contributed by atoms with E-state index in [0.717, 1.165) is 10.6 Å². The molecule has 2 rings (SSSR count). The first-order valence-electron chi connectivity index (χ1n) is 5.92. The molecule has 6 nitrogen and oxygen atoms in total. The molecule has 0 spiro atoms. The Morgan fingerprint density at radius 3 is 2.75 bits per heavy atom. The number of rotatable bonds is 7. The number of benzene rings is 1. The zero-order valence-corrected chi connectivity index (χ0v) is 12.8. The minimum Gasteiger partial charge on any atom is -0.354 e. The number of tetrazole rings is 1. The van der Waals surface area contributed by atoms with Crippen LogP contribution in [0.4, 0.5) is 0 Å². The molecule has 0 atom stereocenters. The number of hydrogen-bond acceptors (Lipinski definition) is 6. The number of methoxy groups -OCH3 is 2. The molecule has 0 N–H and O–H groups in total. The van der Waals surface area contributed by atoms with Crippen LogP contribution in [-0.2, 0) is 21.8 Å². The fourth-order valence-corrected chi connectivity index (χ4v) is 2.73. The predicted octanol–water partition coefficient (Wildman–Crippen LogP) is 2.24. The van der Waals surface area contributed by atoms with E-state index in [9.17, 15) is 0 Å². The molecule has 20 heavy (non-hydrogen) atoms. The van der Waals surface area contributed by atoms with Crippen LogP contribution < -0.4 is 0 Å². The first-order valence-corrected chi connectivity index (χ1v) is 7.29. The summed E-state index contributed by atoms with van der Waals surface area (Å²) in [6.45, 7) is 0.435. The molecule has 8 heteroatoms. The first kappa shape index (κ1) is 15.2. The Morgan fingerprint density at radius 1 is 1.30 bits per heavy atom. The summed E-state index contributed by atoms with van der Waals surface area (Å²) in [4.78, 5) is 0. The van der Waals surface area contributed by atoms with Crippen molar-refractivity contribution >= 4 is 23.4 Å². The van der Waals surface area contributed by atoms with E-state index in [2.05, 4.69) is 15.5 Å². The van der Waals surface area contributed by atoms with Gasteiger partial charge in [-0.3, -0.25) is 0 Å². The molecule has 0 saturated heterocycles. The molecule has 0 saturated carbocycles. The minimum atomic E-state index is -0.377. The third kappa shape index (κ3) is 3.92. The van der Waals surface area contributed by atoms with Gasteiger partial charge < -0.3 is 9.47 Å². The molecule has 0 aliphatic heterocycles. The molecular weight excluding hydrogens is 300 g/mol. The summed E-state index contributed by atoms with van der Waals surface area (Å²) >= 11 is 7.64. The zero-order valence-electron chi connectivity index (χ0n) is 11.2. The monoisotopic (exact) mass is 314 g/mol. The van der Waals surface area contributed by atoms with Gasteiger partial charge in [0.15, 0.2) is 6.29 Å². The largest absolute Gasteiger partial charge is 0.354 e. The second-order valence-electron chi connectivity index (χ2n) is 3.92. The number of aromatic nitrogens is 4. The van der Waals surface area contributed by atoms with Crippen LogP contribution >= 0.6 is 23.4 Å². The van der Waals surface area contributed by atoms with Gasteiger partial charge in [0, 0.05) is 25.0 Å². The first-order chi connectivity index (χ1) is 9.74. The highest BCUT2D eigenvalue weighted by molar-refractivity contribution is 7.98. The molecule has 0 amide bonds. The lowest BCUT2D eigenvalue weighted by Crippen LogP contribution is -2.21. The maximum Gasteiger partial charge on any atom is 0.209 e. The van der Waals surface area contributed by atoms with Crippen LogP contribution in [0.1, 0.15) is 5.56 Å². The molecule has 1 heterocycles. The quantitative estimate of drug-likeness (QED) is 0.577. The third-order valence-electron chi connectivity index (χ3n) is 2.66. The lowest BCUT2D eigenvalue weighted by molar-refractivity contribution is -0.113. The van der Waals surface area contributed by atoms with Crippen LogP contribution in [0.3, 0.4) is 0 Å². The fourth-order valence-electron chi connectivity index (χ4n) is 1.56. The van der Waals surface area contributed by atoms with Crippen LogP contribution in [0.5, 0.6) is 0 Å². The van der Waals surface area contributed by atoms with Crippen molar-refractivity contribution in [3.05, 3.63) is 34.9 Å². The van der Waals surface area contributed by atoms with Gasteiger partial charge in [-0.1, -0.05) is 41.6 Å². The molecule has 0 bridgehead atoms. The van der Waals surface area contributed by atoms with Gasteiger partial charge in [0.2, 0.25) is 5.16 Å². The smallest absolute Gasteiger partial charge is 0.209 e. The van der Waals surface area contributed by atoms with E-state index in [4.69, 9.17) is 21.1 Å². The molecule has 0 radical (unpaired) electrons. The maximum absolute atomic E-state index is 6.12. The lowest BCUT2D eigenvalue weighted by atomic mass is 10.2. The summed E-state index contributed by atoms with van der Waals surface area (Å²) in [6.07, 6.45) is -0.377. The Hall–Kier alpha value is -1.15. The van der Waals surface area contributed by atoms with Gasteiger partial charge in [-0.25, -0.2) is 4.68 Å². The van der Waals surface area contributed by atoms with Crippen molar-refractivity contribution in [1.29, 1.82) is 0 Å². The highest BCUT2D eigenvalue weighted by Gasteiger charge is 2.13.